The van der Waals surface area contributed by atoms with Gasteiger partial charge in [0.1, 0.15) is 5.69 Å². The number of carboxylic acids is 1. The van der Waals surface area contributed by atoms with Crippen LogP contribution in [0.1, 0.15) is 13.3 Å². The lowest BCUT2D eigenvalue weighted by molar-refractivity contribution is -0.384. The smallest absolute Gasteiger partial charge is 0.308 e. The Morgan fingerprint density at radius 1 is 1.50 bits per heavy atom. The SMILES string of the molecule is CC1CC(C(=O)O)CN(c2ccc(I)cc2[N+](=O)[O-])C1. The summed E-state index contributed by atoms with van der Waals surface area (Å²) in [7, 11) is 0. The number of halogens is 1. The fraction of sp³-hybridized carbons (Fsp3) is 0.462. The highest BCUT2D eigenvalue weighted by atomic mass is 127. The van der Waals surface area contributed by atoms with Crippen LogP contribution in [0.2, 0.25) is 0 Å². The third-order valence-electron chi connectivity index (χ3n) is 3.48. The second-order valence-corrected chi connectivity index (χ2v) is 6.42. The molecule has 108 valence electrons. The Balaban J connectivity index is 2.35. The van der Waals surface area contributed by atoms with E-state index >= 15 is 0 Å². The quantitative estimate of drug-likeness (QED) is 0.488. The van der Waals surface area contributed by atoms with Gasteiger partial charge in [-0.15, -0.1) is 0 Å². The van der Waals surface area contributed by atoms with Crippen molar-refractivity contribution in [2.45, 2.75) is 13.3 Å². The Morgan fingerprint density at radius 3 is 2.80 bits per heavy atom. The molecule has 2 unspecified atom stereocenters. The summed E-state index contributed by atoms with van der Waals surface area (Å²) in [6.45, 7) is 2.94. The molecule has 1 aromatic carbocycles. The number of carbonyl (C=O) groups is 1. The molecular formula is C13H15IN2O4. The number of piperidine rings is 1. The van der Waals surface area contributed by atoms with Crippen molar-refractivity contribution in [3.63, 3.8) is 0 Å². The summed E-state index contributed by atoms with van der Waals surface area (Å²) < 4.78 is 0.790. The molecule has 0 bridgehead atoms. The Bertz CT molecular complexity index is 549. The second kappa shape index (κ2) is 5.94. The fourth-order valence-corrected chi connectivity index (χ4v) is 3.11. The van der Waals surface area contributed by atoms with E-state index in [-0.39, 0.29) is 11.6 Å². The number of aliphatic carboxylic acids is 1. The molecule has 0 aromatic heterocycles. The molecule has 7 heteroatoms. The van der Waals surface area contributed by atoms with Crippen LogP contribution in [0.3, 0.4) is 0 Å². The maximum atomic E-state index is 11.2. The largest absolute Gasteiger partial charge is 0.481 e. The molecule has 1 heterocycles. The average Bonchev–Trinajstić information content (AvgIpc) is 2.37. The van der Waals surface area contributed by atoms with Crippen LogP contribution in [0, 0.1) is 25.5 Å². The normalized spacial score (nSPS) is 22.6. The monoisotopic (exact) mass is 390 g/mol. The van der Waals surface area contributed by atoms with Gasteiger partial charge in [0.25, 0.3) is 5.69 Å². The molecule has 0 amide bonds. The number of rotatable bonds is 3. The van der Waals surface area contributed by atoms with E-state index in [1.54, 1.807) is 12.1 Å². The van der Waals surface area contributed by atoms with Crippen LogP contribution in [0.25, 0.3) is 0 Å². The molecule has 1 aliphatic rings. The zero-order chi connectivity index (χ0) is 14.9. The van der Waals surface area contributed by atoms with Crippen LogP contribution in [-0.4, -0.2) is 29.1 Å². The molecule has 20 heavy (non-hydrogen) atoms. The van der Waals surface area contributed by atoms with E-state index in [1.165, 1.54) is 6.07 Å². The minimum Gasteiger partial charge on any atom is -0.481 e. The number of carboxylic acid groups (broad SMARTS) is 1. The van der Waals surface area contributed by atoms with Gasteiger partial charge in [0.05, 0.1) is 10.8 Å². The summed E-state index contributed by atoms with van der Waals surface area (Å²) in [5, 5.41) is 20.4. The van der Waals surface area contributed by atoms with Crippen molar-refractivity contribution in [1.29, 1.82) is 0 Å². The van der Waals surface area contributed by atoms with E-state index in [0.29, 0.717) is 25.2 Å². The Kier molecular flexibility index (Phi) is 4.46. The number of hydrogen-bond donors (Lipinski definition) is 1. The standard InChI is InChI=1S/C13H15IN2O4/c1-8-4-9(13(17)18)7-15(6-8)11-3-2-10(14)5-12(11)16(19)20/h2-3,5,8-9H,4,6-7H2,1H3,(H,17,18). The predicted molar refractivity (Wildman–Crippen MR) is 82.9 cm³/mol. The van der Waals surface area contributed by atoms with Gasteiger partial charge in [-0.2, -0.15) is 0 Å². The first kappa shape index (κ1) is 15.0. The first-order valence-electron chi connectivity index (χ1n) is 6.30. The van der Waals surface area contributed by atoms with Gasteiger partial charge in [0, 0.05) is 22.7 Å². The summed E-state index contributed by atoms with van der Waals surface area (Å²) in [5.41, 5.74) is 0.545. The minimum absolute atomic E-state index is 0.0372. The highest BCUT2D eigenvalue weighted by molar-refractivity contribution is 14.1. The highest BCUT2D eigenvalue weighted by Crippen LogP contribution is 2.34. The fourth-order valence-electron chi connectivity index (χ4n) is 2.64. The van der Waals surface area contributed by atoms with E-state index < -0.39 is 16.8 Å². The number of nitro benzene ring substituents is 1. The highest BCUT2D eigenvalue weighted by Gasteiger charge is 2.32. The number of nitrogens with zero attached hydrogens (tertiary/aromatic N) is 2. The third-order valence-corrected chi connectivity index (χ3v) is 4.15. The minimum atomic E-state index is -0.838. The first-order chi connectivity index (χ1) is 9.38. The topological polar surface area (TPSA) is 83.7 Å². The summed E-state index contributed by atoms with van der Waals surface area (Å²) in [5.74, 6) is -1.11. The van der Waals surface area contributed by atoms with Gasteiger partial charge < -0.3 is 10.0 Å². The zero-order valence-corrected chi connectivity index (χ0v) is 13.1. The Labute approximate surface area is 130 Å². The molecule has 6 nitrogen and oxygen atoms in total. The van der Waals surface area contributed by atoms with Crippen LogP contribution >= 0.6 is 22.6 Å². The lowest BCUT2D eigenvalue weighted by Gasteiger charge is -2.35. The molecule has 1 N–H and O–H groups in total. The molecule has 0 aliphatic carbocycles. The molecule has 0 radical (unpaired) electrons. The lowest BCUT2D eigenvalue weighted by atomic mass is 9.90. The van der Waals surface area contributed by atoms with Crippen molar-refractivity contribution in [2.75, 3.05) is 18.0 Å². The summed E-state index contributed by atoms with van der Waals surface area (Å²) in [4.78, 5) is 23.8. The molecule has 1 fully saturated rings. The molecule has 1 saturated heterocycles. The number of benzene rings is 1. The van der Waals surface area contributed by atoms with Gasteiger partial charge in [-0.3, -0.25) is 14.9 Å². The Hall–Kier alpha value is -1.38. The summed E-state index contributed by atoms with van der Waals surface area (Å²) in [6, 6.07) is 5.03. The molecule has 1 aromatic rings. The van der Waals surface area contributed by atoms with Gasteiger partial charge in [0.2, 0.25) is 0 Å². The van der Waals surface area contributed by atoms with E-state index in [2.05, 4.69) is 0 Å². The van der Waals surface area contributed by atoms with E-state index in [9.17, 15) is 20.0 Å². The van der Waals surface area contributed by atoms with Gasteiger partial charge in [-0.1, -0.05) is 6.92 Å². The second-order valence-electron chi connectivity index (χ2n) is 5.17. The van der Waals surface area contributed by atoms with Crippen LogP contribution in [0.4, 0.5) is 11.4 Å². The van der Waals surface area contributed by atoms with Crippen molar-refractivity contribution >= 4 is 39.9 Å². The lowest BCUT2D eigenvalue weighted by Crippen LogP contribution is -2.42. The maximum Gasteiger partial charge on any atom is 0.308 e. The van der Waals surface area contributed by atoms with Crippen LogP contribution < -0.4 is 4.90 Å². The van der Waals surface area contributed by atoms with Gasteiger partial charge in [0.15, 0.2) is 0 Å². The van der Waals surface area contributed by atoms with Crippen molar-refractivity contribution in [2.24, 2.45) is 11.8 Å². The molecule has 2 atom stereocenters. The van der Waals surface area contributed by atoms with Crippen molar-refractivity contribution in [1.82, 2.24) is 0 Å². The first-order valence-corrected chi connectivity index (χ1v) is 7.38. The van der Waals surface area contributed by atoms with E-state index in [0.717, 1.165) is 3.57 Å². The molecule has 2 rings (SSSR count). The maximum absolute atomic E-state index is 11.2. The van der Waals surface area contributed by atoms with Crippen LogP contribution in [-0.2, 0) is 4.79 Å². The van der Waals surface area contributed by atoms with Gasteiger partial charge in [-0.25, -0.2) is 0 Å². The molecule has 0 saturated carbocycles. The number of hydrogen-bond acceptors (Lipinski definition) is 4. The summed E-state index contributed by atoms with van der Waals surface area (Å²) >= 11 is 2.03. The van der Waals surface area contributed by atoms with Crippen molar-refractivity contribution in [3.05, 3.63) is 31.9 Å². The number of anilines is 1. The molecular weight excluding hydrogens is 375 g/mol. The van der Waals surface area contributed by atoms with Crippen LogP contribution in [0.5, 0.6) is 0 Å². The van der Waals surface area contributed by atoms with Gasteiger partial charge in [-0.05, 0) is 47.1 Å². The molecule has 1 aliphatic heterocycles. The van der Waals surface area contributed by atoms with Crippen LogP contribution in [0.15, 0.2) is 18.2 Å². The van der Waals surface area contributed by atoms with E-state index in [1.807, 2.05) is 34.4 Å². The molecule has 0 spiro atoms. The zero-order valence-electron chi connectivity index (χ0n) is 11.0. The average molecular weight is 390 g/mol. The Morgan fingerprint density at radius 2 is 2.20 bits per heavy atom. The van der Waals surface area contributed by atoms with Crippen molar-refractivity contribution in [3.8, 4) is 0 Å². The van der Waals surface area contributed by atoms with Crippen molar-refractivity contribution < 1.29 is 14.8 Å². The summed E-state index contributed by atoms with van der Waals surface area (Å²) in [6.07, 6.45) is 0.615. The third kappa shape index (κ3) is 3.20. The number of nitro groups is 1. The van der Waals surface area contributed by atoms with Gasteiger partial charge >= 0.3 is 5.97 Å². The predicted octanol–water partition coefficient (Wildman–Crippen LogP) is 2.75. The van der Waals surface area contributed by atoms with E-state index in [4.69, 9.17) is 0 Å².